The van der Waals surface area contributed by atoms with Crippen LogP contribution in [-0.4, -0.2) is 27.9 Å². The molecule has 0 amide bonds. The van der Waals surface area contributed by atoms with Gasteiger partial charge in [0, 0.05) is 19.1 Å². The Morgan fingerprint density at radius 2 is 2.25 bits per heavy atom. The molecule has 0 spiro atoms. The number of fused-ring (bicyclic) bond motifs is 1. The van der Waals surface area contributed by atoms with Crippen LogP contribution in [0.4, 0.5) is 0 Å². The van der Waals surface area contributed by atoms with E-state index in [1.165, 1.54) is 0 Å². The van der Waals surface area contributed by atoms with Crippen LogP contribution < -0.4 is 11.0 Å². The Labute approximate surface area is 68.8 Å². The van der Waals surface area contributed by atoms with Gasteiger partial charge in [0.2, 0.25) is 0 Å². The summed E-state index contributed by atoms with van der Waals surface area (Å²) in [5, 5.41) is 9.42. The molecule has 64 valence electrons. The first-order chi connectivity index (χ1) is 5.88. The zero-order chi connectivity index (χ0) is 8.13. The monoisotopic (exact) mass is 166 g/mol. The van der Waals surface area contributed by atoms with E-state index in [0.717, 1.165) is 13.1 Å². The molecule has 2 fully saturated rings. The van der Waals surface area contributed by atoms with E-state index in [9.17, 15) is 4.79 Å². The third-order valence-electron chi connectivity index (χ3n) is 2.94. The number of aromatic nitrogens is 3. The highest BCUT2D eigenvalue weighted by Crippen LogP contribution is 2.51. The zero-order valence-electron chi connectivity index (χ0n) is 6.53. The minimum Gasteiger partial charge on any atom is -0.316 e. The Hall–Kier alpha value is -1.10. The van der Waals surface area contributed by atoms with Crippen LogP contribution >= 0.6 is 0 Å². The lowest BCUT2D eigenvalue weighted by Crippen LogP contribution is -2.22. The van der Waals surface area contributed by atoms with Crippen molar-refractivity contribution >= 4 is 0 Å². The van der Waals surface area contributed by atoms with Crippen LogP contribution in [0, 0.1) is 11.8 Å². The van der Waals surface area contributed by atoms with Gasteiger partial charge in [-0.05, 0) is 11.8 Å². The van der Waals surface area contributed by atoms with Gasteiger partial charge in [-0.3, -0.25) is 4.57 Å². The van der Waals surface area contributed by atoms with Gasteiger partial charge in [0.15, 0.2) is 0 Å². The smallest absolute Gasteiger partial charge is 0.316 e. The molecular weight excluding hydrogens is 156 g/mol. The van der Waals surface area contributed by atoms with Crippen molar-refractivity contribution in [3.8, 4) is 0 Å². The van der Waals surface area contributed by atoms with E-state index in [2.05, 4.69) is 15.5 Å². The molecule has 2 N–H and O–H groups in total. The third kappa shape index (κ3) is 0.665. The first-order valence-corrected chi connectivity index (χ1v) is 4.20. The fourth-order valence-electron chi connectivity index (χ4n) is 2.27. The molecule has 5 nitrogen and oxygen atoms in total. The standard InChI is InChI=1S/C7H10N4O/c12-7-10-9-3-11(7)6-4-1-8-2-5(4)6/h3-6,8H,1-2H2,(H,10,12). The van der Waals surface area contributed by atoms with Crippen molar-refractivity contribution in [2.75, 3.05) is 13.1 Å². The normalized spacial score (nSPS) is 38.2. The lowest BCUT2D eigenvalue weighted by atomic mass is 10.4. The average Bonchev–Trinajstić information content (AvgIpc) is 2.56. The van der Waals surface area contributed by atoms with Gasteiger partial charge in [-0.25, -0.2) is 9.89 Å². The van der Waals surface area contributed by atoms with Crippen LogP contribution in [0.3, 0.4) is 0 Å². The molecule has 1 aliphatic carbocycles. The number of piperidine rings is 1. The Balaban J connectivity index is 1.94. The first-order valence-electron chi connectivity index (χ1n) is 4.20. The van der Waals surface area contributed by atoms with Crippen molar-refractivity contribution in [2.24, 2.45) is 11.8 Å². The van der Waals surface area contributed by atoms with Gasteiger partial charge in [0.05, 0.1) is 0 Å². The lowest BCUT2D eigenvalue weighted by Gasteiger charge is -2.02. The Morgan fingerprint density at radius 1 is 1.50 bits per heavy atom. The number of H-pyrrole nitrogens is 1. The predicted octanol–water partition coefficient (Wildman–Crippen LogP) is -1.04. The van der Waals surface area contributed by atoms with Crippen molar-refractivity contribution in [1.29, 1.82) is 0 Å². The average molecular weight is 166 g/mol. The van der Waals surface area contributed by atoms with Crippen LogP contribution in [-0.2, 0) is 0 Å². The maximum atomic E-state index is 11.2. The molecule has 1 aromatic heterocycles. The SMILES string of the molecule is O=c1[nH]ncn1C1C2CNCC21. The molecule has 1 aliphatic heterocycles. The van der Waals surface area contributed by atoms with Crippen molar-refractivity contribution in [3.63, 3.8) is 0 Å². The van der Waals surface area contributed by atoms with Crippen LogP contribution in [0.1, 0.15) is 6.04 Å². The second kappa shape index (κ2) is 1.98. The van der Waals surface area contributed by atoms with E-state index in [1.54, 1.807) is 10.9 Å². The van der Waals surface area contributed by atoms with E-state index >= 15 is 0 Å². The number of hydrogen-bond acceptors (Lipinski definition) is 3. The van der Waals surface area contributed by atoms with Gasteiger partial charge < -0.3 is 5.32 Å². The molecule has 2 unspecified atom stereocenters. The molecule has 2 heterocycles. The van der Waals surface area contributed by atoms with Gasteiger partial charge in [-0.1, -0.05) is 0 Å². The number of nitrogens with zero attached hydrogens (tertiary/aromatic N) is 2. The summed E-state index contributed by atoms with van der Waals surface area (Å²) in [5.41, 5.74) is -0.0746. The maximum Gasteiger partial charge on any atom is 0.343 e. The van der Waals surface area contributed by atoms with Crippen molar-refractivity contribution < 1.29 is 0 Å². The largest absolute Gasteiger partial charge is 0.343 e. The fourth-order valence-corrected chi connectivity index (χ4v) is 2.27. The molecule has 0 bridgehead atoms. The minimum atomic E-state index is -0.0746. The third-order valence-corrected chi connectivity index (χ3v) is 2.94. The highest BCUT2D eigenvalue weighted by Gasteiger charge is 2.54. The van der Waals surface area contributed by atoms with Crippen LogP contribution in [0.25, 0.3) is 0 Å². The highest BCUT2D eigenvalue weighted by atomic mass is 16.1. The Kier molecular flexibility index (Phi) is 1.06. The summed E-state index contributed by atoms with van der Waals surface area (Å²) in [4.78, 5) is 11.2. The van der Waals surface area contributed by atoms with Gasteiger partial charge in [-0.2, -0.15) is 5.10 Å². The van der Waals surface area contributed by atoms with E-state index < -0.39 is 0 Å². The number of rotatable bonds is 1. The molecule has 2 atom stereocenters. The maximum absolute atomic E-state index is 11.2. The Bertz CT molecular complexity index is 344. The van der Waals surface area contributed by atoms with E-state index in [-0.39, 0.29) is 5.69 Å². The van der Waals surface area contributed by atoms with E-state index in [4.69, 9.17) is 0 Å². The first kappa shape index (κ1) is 6.42. The highest BCUT2D eigenvalue weighted by molar-refractivity contribution is 5.07. The fraction of sp³-hybridized carbons (Fsp3) is 0.714. The minimum absolute atomic E-state index is 0.0746. The summed E-state index contributed by atoms with van der Waals surface area (Å²) >= 11 is 0. The molecule has 1 saturated heterocycles. The van der Waals surface area contributed by atoms with E-state index in [1.807, 2.05) is 0 Å². The van der Waals surface area contributed by atoms with Crippen molar-refractivity contribution in [1.82, 2.24) is 20.1 Å². The summed E-state index contributed by atoms with van der Waals surface area (Å²) in [6.45, 7) is 2.10. The van der Waals surface area contributed by atoms with Gasteiger partial charge in [0.25, 0.3) is 0 Å². The van der Waals surface area contributed by atoms with Gasteiger partial charge >= 0.3 is 5.69 Å². The molecule has 0 radical (unpaired) electrons. The predicted molar refractivity (Wildman–Crippen MR) is 41.7 cm³/mol. The molecule has 3 rings (SSSR count). The Morgan fingerprint density at radius 3 is 2.83 bits per heavy atom. The summed E-state index contributed by atoms with van der Waals surface area (Å²) in [7, 11) is 0. The summed E-state index contributed by atoms with van der Waals surface area (Å²) in [6, 6.07) is 0.414. The summed E-state index contributed by atoms with van der Waals surface area (Å²) in [5.74, 6) is 1.33. The number of hydrogen-bond donors (Lipinski definition) is 2. The zero-order valence-corrected chi connectivity index (χ0v) is 6.53. The van der Waals surface area contributed by atoms with Crippen molar-refractivity contribution in [2.45, 2.75) is 6.04 Å². The number of aromatic amines is 1. The second-order valence-corrected chi connectivity index (χ2v) is 3.55. The van der Waals surface area contributed by atoms with Crippen LogP contribution in [0.15, 0.2) is 11.1 Å². The van der Waals surface area contributed by atoms with Crippen molar-refractivity contribution in [3.05, 3.63) is 16.8 Å². The summed E-state index contributed by atoms with van der Waals surface area (Å²) in [6.07, 6.45) is 1.60. The molecule has 0 aromatic carbocycles. The topological polar surface area (TPSA) is 62.7 Å². The molecule has 12 heavy (non-hydrogen) atoms. The molecule has 1 aromatic rings. The van der Waals surface area contributed by atoms with Gasteiger partial charge in [0.1, 0.15) is 6.33 Å². The molecule has 2 aliphatic rings. The summed E-state index contributed by atoms with van der Waals surface area (Å²) < 4.78 is 1.72. The molecule has 1 saturated carbocycles. The van der Waals surface area contributed by atoms with Gasteiger partial charge in [-0.15, -0.1) is 0 Å². The lowest BCUT2D eigenvalue weighted by molar-refractivity contribution is 0.556. The quantitative estimate of drug-likeness (QED) is 0.560. The van der Waals surface area contributed by atoms with E-state index in [0.29, 0.717) is 17.9 Å². The van der Waals surface area contributed by atoms with Crippen LogP contribution in [0.5, 0.6) is 0 Å². The second-order valence-electron chi connectivity index (χ2n) is 3.55. The van der Waals surface area contributed by atoms with Crippen LogP contribution in [0.2, 0.25) is 0 Å². The molecule has 5 heteroatoms. The number of nitrogens with one attached hydrogen (secondary N) is 2. The molecular formula is C7H10N4O.